The van der Waals surface area contributed by atoms with Gasteiger partial charge < -0.3 is 10.2 Å². The number of aliphatic hydroxyl groups is 2. The highest BCUT2D eigenvalue weighted by molar-refractivity contribution is 9.10. The highest BCUT2D eigenvalue weighted by Gasteiger charge is 2.21. The van der Waals surface area contributed by atoms with Crippen molar-refractivity contribution in [3.8, 4) is 0 Å². The summed E-state index contributed by atoms with van der Waals surface area (Å²) in [5.74, 6) is 0.207. The van der Waals surface area contributed by atoms with Gasteiger partial charge in [-0.3, -0.25) is 4.79 Å². The Morgan fingerprint density at radius 1 is 1.60 bits per heavy atom. The maximum absolute atomic E-state index is 10.7. The molecule has 3 nitrogen and oxygen atoms in total. The Kier molecular flexibility index (Phi) is 5.28. The van der Waals surface area contributed by atoms with Crippen LogP contribution in [0.4, 0.5) is 0 Å². The monoisotopic (exact) mass is 310 g/mol. The van der Waals surface area contributed by atoms with Gasteiger partial charge in [-0.1, -0.05) is 11.8 Å². The van der Waals surface area contributed by atoms with Gasteiger partial charge in [0.1, 0.15) is 6.10 Å². The number of carbonyl (C=O) groups excluding carboxylic acids is 1. The van der Waals surface area contributed by atoms with Crippen LogP contribution in [-0.4, -0.2) is 27.2 Å². The molecule has 0 aliphatic heterocycles. The van der Waals surface area contributed by atoms with Gasteiger partial charge in [-0.25, -0.2) is 0 Å². The van der Waals surface area contributed by atoms with Crippen molar-refractivity contribution >= 4 is 44.1 Å². The summed E-state index contributed by atoms with van der Waals surface area (Å²) >= 11 is 5.74. The van der Waals surface area contributed by atoms with Crippen LogP contribution in [0.1, 0.15) is 18.6 Å². The summed E-state index contributed by atoms with van der Waals surface area (Å²) in [7, 11) is 0. The SMILES string of the molecule is CC(=O)SCC(O)C(O)c1cscc1Br. The smallest absolute Gasteiger partial charge is 0.185 e. The van der Waals surface area contributed by atoms with E-state index in [0.29, 0.717) is 5.56 Å². The number of rotatable bonds is 4. The molecule has 0 bridgehead atoms. The molecule has 1 aromatic heterocycles. The number of carbonyl (C=O) groups is 1. The van der Waals surface area contributed by atoms with E-state index in [9.17, 15) is 15.0 Å². The highest BCUT2D eigenvalue weighted by atomic mass is 79.9. The van der Waals surface area contributed by atoms with Gasteiger partial charge >= 0.3 is 0 Å². The number of aliphatic hydroxyl groups excluding tert-OH is 2. The molecule has 0 saturated carbocycles. The van der Waals surface area contributed by atoms with E-state index in [0.717, 1.165) is 16.2 Å². The van der Waals surface area contributed by atoms with Gasteiger partial charge in [-0.15, -0.1) is 0 Å². The van der Waals surface area contributed by atoms with Crippen LogP contribution in [-0.2, 0) is 4.79 Å². The van der Waals surface area contributed by atoms with Crippen LogP contribution in [0, 0.1) is 0 Å². The molecule has 6 heteroatoms. The lowest BCUT2D eigenvalue weighted by Crippen LogP contribution is -2.21. The molecule has 2 atom stereocenters. The number of thioether (sulfide) groups is 1. The Labute approximate surface area is 105 Å². The Morgan fingerprint density at radius 3 is 2.73 bits per heavy atom. The van der Waals surface area contributed by atoms with Crippen molar-refractivity contribution in [2.75, 3.05) is 5.75 Å². The number of halogens is 1. The van der Waals surface area contributed by atoms with Crippen LogP contribution in [0.15, 0.2) is 15.2 Å². The van der Waals surface area contributed by atoms with E-state index in [1.165, 1.54) is 18.3 Å². The predicted molar refractivity (Wildman–Crippen MR) is 66.1 cm³/mol. The van der Waals surface area contributed by atoms with Gasteiger partial charge in [0.15, 0.2) is 5.12 Å². The van der Waals surface area contributed by atoms with Gasteiger partial charge in [-0.2, -0.15) is 11.3 Å². The zero-order valence-corrected chi connectivity index (χ0v) is 11.2. The van der Waals surface area contributed by atoms with Crippen molar-refractivity contribution in [1.82, 2.24) is 0 Å². The first-order valence-electron chi connectivity index (χ1n) is 4.23. The summed E-state index contributed by atoms with van der Waals surface area (Å²) < 4.78 is 0.784. The van der Waals surface area contributed by atoms with Crippen molar-refractivity contribution in [3.63, 3.8) is 0 Å². The predicted octanol–water partition coefficient (Wildman–Crippen LogP) is 2.18. The molecule has 0 fully saturated rings. The summed E-state index contributed by atoms with van der Waals surface area (Å²) in [6.45, 7) is 1.43. The average molecular weight is 311 g/mol. The van der Waals surface area contributed by atoms with E-state index in [2.05, 4.69) is 15.9 Å². The molecular formula is C9H11BrO3S2. The second-order valence-corrected chi connectivity index (χ2v) is 5.78. The fourth-order valence-electron chi connectivity index (χ4n) is 1.00. The normalized spacial score (nSPS) is 14.9. The number of hydrogen-bond donors (Lipinski definition) is 2. The second-order valence-electron chi connectivity index (χ2n) is 2.99. The van der Waals surface area contributed by atoms with E-state index < -0.39 is 12.2 Å². The Bertz CT molecular complexity index is 340. The van der Waals surface area contributed by atoms with Crippen LogP contribution in [0.25, 0.3) is 0 Å². The van der Waals surface area contributed by atoms with Crippen molar-refractivity contribution < 1.29 is 15.0 Å². The quantitative estimate of drug-likeness (QED) is 0.895. The molecule has 84 valence electrons. The minimum atomic E-state index is -0.947. The lowest BCUT2D eigenvalue weighted by Gasteiger charge is -2.16. The van der Waals surface area contributed by atoms with Crippen LogP contribution in [0.2, 0.25) is 0 Å². The topological polar surface area (TPSA) is 57.5 Å². The van der Waals surface area contributed by atoms with E-state index in [1.807, 2.05) is 5.38 Å². The standard InChI is InChI=1S/C9H11BrO3S2/c1-5(11)15-4-8(12)9(13)6-2-14-3-7(6)10/h2-3,8-9,12-13H,4H2,1H3. The first-order valence-corrected chi connectivity index (χ1v) is 6.95. The van der Waals surface area contributed by atoms with Crippen LogP contribution >= 0.6 is 39.0 Å². The van der Waals surface area contributed by atoms with E-state index >= 15 is 0 Å². The van der Waals surface area contributed by atoms with Gasteiger partial charge in [0.2, 0.25) is 0 Å². The first kappa shape index (κ1) is 13.2. The fraction of sp³-hybridized carbons (Fsp3) is 0.444. The molecule has 0 radical (unpaired) electrons. The van der Waals surface area contributed by atoms with E-state index in [4.69, 9.17) is 0 Å². The zero-order valence-electron chi connectivity index (χ0n) is 8.01. The van der Waals surface area contributed by atoms with Gasteiger partial charge in [0, 0.05) is 28.1 Å². The van der Waals surface area contributed by atoms with E-state index in [-0.39, 0.29) is 10.9 Å². The highest BCUT2D eigenvalue weighted by Crippen LogP contribution is 2.30. The van der Waals surface area contributed by atoms with Crippen molar-refractivity contribution in [1.29, 1.82) is 0 Å². The summed E-state index contributed by atoms with van der Waals surface area (Å²) in [6, 6.07) is 0. The maximum atomic E-state index is 10.7. The Hall–Kier alpha value is 0.120. The molecule has 0 aliphatic carbocycles. The molecule has 2 N–H and O–H groups in total. The molecule has 0 saturated heterocycles. The molecule has 0 amide bonds. The third kappa shape index (κ3) is 3.88. The largest absolute Gasteiger partial charge is 0.389 e. The molecule has 15 heavy (non-hydrogen) atoms. The zero-order chi connectivity index (χ0) is 11.4. The van der Waals surface area contributed by atoms with Crippen LogP contribution < -0.4 is 0 Å². The molecule has 1 rings (SSSR count). The van der Waals surface area contributed by atoms with E-state index in [1.54, 1.807) is 5.38 Å². The molecule has 2 unspecified atom stereocenters. The van der Waals surface area contributed by atoms with Crippen LogP contribution in [0.3, 0.4) is 0 Å². The van der Waals surface area contributed by atoms with Crippen LogP contribution in [0.5, 0.6) is 0 Å². The third-order valence-electron chi connectivity index (χ3n) is 1.78. The molecular weight excluding hydrogens is 300 g/mol. The molecule has 1 heterocycles. The first-order chi connectivity index (χ1) is 7.02. The number of hydrogen-bond acceptors (Lipinski definition) is 5. The fourth-order valence-corrected chi connectivity index (χ4v) is 3.15. The van der Waals surface area contributed by atoms with Gasteiger partial charge in [0.25, 0.3) is 0 Å². The second kappa shape index (κ2) is 6.00. The van der Waals surface area contributed by atoms with Crippen molar-refractivity contribution in [2.24, 2.45) is 0 Å². The summed E-state index contributed by atoms with van der Waals surface area (Å²) in [5, 5.41) is 22.9. The lowest BCUT2D eigenvalue weighted by atomic mass is 10.1. The molecule has 1 aromatic rings. The summed E-state index contributed by atoms with van der Waals surface area (Å²) in [6.07, 6.45) is -1.87. The minimum Gasteiger partial charge on any atom is -0.389 e. The number of thiophene rings is 1. The maximum Gasteiger partial charge on any atom is 0.185 e. The third-order valence-corrected chi connectivity index (χ3v) is 4.45. The van der Waals surface area contributed by atoms with Gasteiger partial charge in [-0.05, 0) is 21.3 Å². The average Bonchev–Trinajstić information content (AvgIpc) is 2.59. The summed E-state index contributed by atoms with van der Waals surface area (Å²) in [5.41, 5.74) is 0.664. The Morgan fingerprint density at radius 2 is 2.27 bits per heavy atom. The van der Waals surface area contributed by atoms with Crippen molar-refractivity contribution in [2.45, 2.75) is 19.1 Å². The molecule has 0 aromatic carbocycles. The summed E-state index contributed by atoms with van der Waals surface area (Å²) in [4.78, 5) is 10.7. The molecule has 0 spiro atoms. The lowest BCUT2D eigenvalue weighted by molar-refractivity contribution is -0.109. The molecule has 0 aliphatic rings. The van der Waals surface area contributed by atoms with Gasteiger partial charge in [0.05, 0.1) is 6.10 Å². The minimum absolute atomic E-state index is 0.0642. The van der Waals surface area contributed by atoms with Crippen molar-refractivity contribution in [3.05, 3.63) is 20.8 Å². The Balaban J connectivity index is 2.57.